The Morgan fingerprint density at radius 2 is 1.71 bits per heavy atom. The quantitative estimate of drug-likeness (QED) is 0.588. The van der Waals surface area contributed by atoms with Crippen LogP contribution in [-0.2, 0) is 9.59 Å². The second-order valence-corrected chi connectivity index (χ2v) is 9.16. The summed E-state index contributed by atoms with van der Waals surface area (Å²) in [6, 6.07) is 8.13. The Kier molecular flexibility index (Phi) is 7.41. The van der Waals surface area contributed by atoms with E-state index in [4.69, 9.17) is 0 Å². The number of hydrogen-bond acceptors (Lipinski definition) is 3. The molecule has 1 atom stereocenters. The molecule has 1 fully saturated rings. The number of carbonyl (C=O) groups excluding carboxylic acids is 2. The van der Waals surface area contributed by atoms with Gasteiger partial charge in [-0.3, -0.25) is 14.5 Å². The first kappa shape index (κ1) is 23.3. The molecule has 4 nitrogen and oxygen atoms in total. The fourth-order valence-electron chi connectivity index (χ4n) is 3.89. The van der Waals surface area contributed by atoms with Crippen LogP contribution in [0.1, 0.15) is 68.4 Å². The summed E-state index contributed by atoms with van der Waals surface area (Å²) in [6.45, 7) is 3.94. The average Bonchev–Trinajstić information content (AvgIpc) is 3.25. The van der Waals surface area contributed by atoms with Gasteiger partial charge in [-0.1, -0.05) is 51.3 Å². The van der Waals surface area contributed by atoms with Gasteiger partial charge < -0.3 is 5.32 Å². The molecule has 1 aliphatic carbocycles. The minimum Gasteiger partial charge on any atom is -0.351 e. The van der Waals surface area contributed by atoms with Crippen LogP contribution in [0.2, 0.25) is 0 Å². The molecule has 1 aliphatic rings. The summed E-state index contributed by atoms with van der Waals surface area (Å²) in [5.74, 6) is -2.45. The highest BCUT2D eigenvalue weighted by Gasteiger charge is 2.47. The van der Waals surface area contributed by atoms with Gasteiger partial charge in [0.15, 0.2) is 6.04 Å². The molecule has 2 amide bonds. The van der Waals surface area contributed by atoms with Crippen molar-refractivity contribution in [3.63, 3.8) is 0 Å². The molecule has 1 aromatic heterocycles. The summed E-state index contributed by atoms with van der Waals surface area (Å²) in [4.78, 5) is 26.8. The number of anilines is 1. The first-order chi connectivity index (χ1) is 14.7. The molecule has 0 spiro atoms. The molecule has 0 unspecified atom stereocenters. The van der Waals surface area contributed by atoms with Crippen molar-refractivity contribution >= 4 is 28.8 Å². The molecule has 3 rings (SSSR count). The van der Waals surface area contributed by atoms with Crippen LogP contribution in [0.4, 0.5) is 18.9 Å². The summed E-state index contributed by atoms with van der Waals surface area (Å²) in [6.07, 6.45) is -0.510. The number of nitrogens with one attached hydrogen (secondary N) is 1. The van der Waals surface area contributed by atoms with Crippen molar-refractivity contribution < 1.29 is 22.8 Å². The zero-order valence-electron chi connectivity index (χ0n) is 17.6. The number of rotatable bonds is 6. The first-order valence-corrected chi connectivity index (χ1v) is 11.4. The second-order valence-electron chi connectivity index (χ2n) is 8.18. The van der Waals surface area contributed by atoms with Crippen LogP contribution in [0.5, 0.6) is 0 Å². The minimum absolute atomic E-state index is 0.0453. The zero-order valence-corrected chi connectivity index (χ0v) is 18.4. The highest BCUT2D eigenvalue weighted by atomic mass is 32.1. The fraction of sp³-hybridized carbons (Fsp3) is 0.478. The van der Waals surface area contributed by atoms with Crippen LogP contribution in [-0.4, -0.2) is 24.0 Å². The van der Waals surface area contributed by atoms with E-state index in [9.17, 15) is 22.8 Å². The molecule has 0 aliphatic heterocycles. The normalized spacial score (nSPS) is 16.2. The van der Waals surface area contributed by atoms with Gasteiger partial charge in [-0.15, -0.1) is 11.3 Å². The van der Waals surface area contributed by atoms with Crippen molar-refractivity contribution in [2.24, 2.45) is 0 Å². The Labute approximate surface area is 184 Å². The molecule has 0 saturated heterocycles. The predicted molar refractivity (Wildman–Crippen MR) is 116 cm³/mol. The lowest BCUT2D eigenvalue weighted by Crippen LogP contribution is -2.50. The lowest BCUT2D eigenvalue weighted by molar-refractivity contribution is -0.171. The Morgan fingerprint density at radius 1 is 1.06 bits per heavy atom. The van der Waals surface area contributed by atoms with E-state index in [1.165, 1.54) is 12.1 Å². The number of halogens is 3. The number of thiophene rings is 1. The van der Waals surface area contributed by atoms with Crippen LogP contribution >= 0.6 is 11.3 Å². The van der Waals surface area contributed by atoms with Crippen LogP contribution in [0.15, 0.2) is 41.8 Å². The number of carbonyl (C=O) groups is 2. The van der Waals surface area contributed by atoms with E-state index >= 15 is 0 Å². The Hall–Kier alpha value is -2.35. The lowest BCUT2D eigenvalue weighted by Gasteiger charge is -2.33. The standard InChI is InChI=1S/C23H27F3N2O2S/c1-15(2)16-10-12-18(13-11-16)28(22(30)23(24,25)26)20(19-9-6-14-31-19)21(29)27-17-7-4-3-5-8-17/h6,9-15,17,20H,3-5,7-8H2,1-2H3,(H,27,29)/t20-/m0/s1. The summed E-state index contributed by atoms with van der Waals surface area (Å²) < 4.78 is 40.8. The average molecular weight is 453 g/mol. The van der Waals surface area contributed by atoms with Crippen molar-refractivity contribution in [2.75, 3.05) is 4.90 Å². The lowest BCUT2D eigenvalue weighted by atomic mass is 9.95. The van der Waals surface area contributed by atoms with E-state index in [1.807, 2.05) is 13.8 Å². The predicted octanol–water partition coefficient (Wildman–Crippen LogP) is 5.96. The van der Waals surface area contributed by atoms with Crippen molar-refractivity contribution in [1.82, 2.24) is 5.32 Å². The molecule has 31 heavy (non-hydrogen) atoms. The van der Waals surface area contributed by atoms with E-state index < -0.39 is 24.0 Å². The molecule has 8 heteroatoms. The molecule has 1 saturated carbocycles. The van der Waals surface area contributed by atoms with Gasteiger partial charge in [0.05, 0.1) is 0 Å². The number of nitrogens with zero attached hydrogens (tertiary/aromatic N) is 1. The molecule has 0 radical (unpaired) electrons. The Bertz CT molecular complexity index is 873. The molecule has 1 N–H and O–H groups in total. The van der Waals surface area contributed by atoms with E-state index in [2.05, 4.69) is 5.32 Å². The van der Waals surface area contributed by atoms with Gasteiger partial charge in [0, 0.05) is 16.6 Å². The number of benzene rings is 1. The fourth-order valence-corrected chi connectivity index (χ4v) is 4.70. The van der Waals surface area contributed by atoms with Gasteiger partial charge in [-0.05, 0) is 47.9 Å². The van der Waals surface area contributed by atoms with Crippen LogP contribution in [0, 0.1) is 0 Å². The highest BCUT2D eigenvalue weighted by Crippen LogP contribution is 2.35. The third kappa shape index (κ3) is 5.67. The van der Waals surface area contributed by atoms with E-state index in [0.717, 1.165) is 49.0 Å². The van der Waals surface area contributed by atoms with Gasteiger partial charge in [0.25, 0.3) is 0 Å². The van der Waals surface area contributed by atoms with Gasteiger partial charge in [-0.25, -0.2) is 0 Å². The minimum atomic E-state index is -5.11. The van der Waals surface area contributed by atoms with Crippen LogP contribution in [0.3, 0.4) is 0 Å². The van der Waals surface area contributed by atoms with Gasteiger partial charge >= 0.3 is 12.1 Å². The molecule has 168 valence electrons. The zero-order chi connectivity index (χ0) is 22.6. The molecule has 1 heterocycles. The van der Waals surface area contributed by atoms with Crippen molar-refractivity contribution in [3.8, 4) is 0 Å². The van der Waals surface area contributed by atoms with Crippen molar-refractivity contribution in [2.45, 2.75) is 70.1 Å². The third-order valence-electron chi connectivity index (χ3n) is 5.57. The largest absolute Gasteiger partial charge is 0.471 e. The monoisotopic (exact) mass is 452 g/mol. The number of amides is 2. The highest BCUT2D eigenvalue weighted by molar-refractivity contribution is 7.10. The second kappa shape index (κ2) is 9.85. The topological polar surface area (TPSA) is 49.4 Å². The Morgan fingerprint density at radius 3 is 2.23 bits per heavy atom. The molecular formula is C23H27F3N2O2S. The van der Waals surface area contributed by atoms with Gasteiger partial charge in [-0.2, -0.15) is 13.2 Å². The maximum atomic E-state index is 13.6. The summed E-state index contributed by atoms with van der Waals surface area (Å²) in [7, 11) is 0. The van der Waals surface area contributed by atoms with Crippen molar-refractivity contribution in [3.05, 3.63) is 52.2 Å². The van der Waals surface area contributed by atoms with Crippen LogP contribution < -0.4 is 10.2 Å². The SMILES string of the molecule is CC(C)c1ccc(N(C(=O)C(F)(F)F)[C@H](C(=O)NC2CCCCC2)c2cccs2)cc1. The molecule has 2 aromatic rings. The molecular weight excluding hydrogens is 425 g/mol. The summed E-state index contributed by atoms with van der Waals surface area (Å²) in [5.41, 5.74) is 0.978. The van der Waals surface area contributed by atoms with E-state index in [0.29, 0.717) is 9.78 Å². The maximum Gasteiger partial charge on any atom is 0.471 e. The van der Waals surface area contributed by atoms with Gasteiger partial charge in [0.1, 0.15) is 0 Å². The number of alkyl halides is 3. The maximum absolute atomic E-state index is 13.6. The summed E-state index contributed by atoms with van der Waals surface area (Å²) in [5, 5.41) is 4.59. The van der Waals surface area contributed by atoms with Crippen molar-refractivity contribution in [1.29, 1.82) is 0 Å². The summed E-state index contributed by atoms with van der Waals surface area (Å²) >= 11 is 1.16. The van der Waals surface area contributed by atoms with Gasteiger partial charge in [0.2, 0.25) is 5.91 Å². The van der Waals surface area contributed by atoms with Crippen LogP contribution in [0.25, 0.3) is 0 Å². The molecule has 1 aromatic carbocycles. The molecule has 0 bridgehead atoms. The Balaban J connectivity index is 2.02. The smallest absolute Gasteiger partial charge is 0.351 e. The third-order valence-corrected chi connectivity index (χ3v) is 6.49. The first-order valence-electron chi connectivity index (χ1n) is 10.5. The van der Waals surface area contributed by atoms with E-state index in [-0.39, 0.29) is 17.6 Å². The van der Waals surface area contributed by atoms with E-state index in [1.54, 1.807) is 29.6 Å². The number of hydrogen-bond donors (Lipinski definition) is 1.